The van der Waals surface area contributed by atoms with E-state index in [0.29, 0.717) is 6.61 Å². The second-order valence-corrected chi connectivity index (χ2v) is 4.83. The van der Waals surface area contributed by atoms with Gasteiger partial charge in [-0.1, -0.05) is 23.2 Å². The van der Waals surface area contributed by atoms with Crippen molar-refractivity contribution in [1.29, 1.82) is 0 Å². The van der Waals surface area contributed by atoms with E-state index < -0.39 is 4.92 Å². The zero-order chi connectivity index (χ0) is 12.6. The van der Waals surface area contributed by atoms with Crippen LogP contribution in [0.15, 0.2) is 12.1 Å². The van der Waals surface area contributed by atoms with Crippen molar-refractivity contribution in [3.63, 3.8) is 0 Å². The SMILES string of the molecule is CC1(COc2cc(Cl)c(Cl)cc2[N+](=O)[O-])CO1. The van der Waals surface area contributed by atoms with Gasteiger partial charge in [0.25, 0.3) is 0 Å². The summed E-state index contributed by atoms with van der Waals surface area (Å²) in [4.78, 5) is 10.3. The minimum absolute atomic E-state index is 0.0983. The van der Waals surface area contributed by atoms with Gasteiger partial charge in [0.15, 0.2) is 5.75 Å². The fraction of sp³-hybridized carbons (Fsp3) is 0.400. The van der Waals surface area contributed by atoms with E-state index in [0.717, 1.165) is 0 Å². The second kappa shape index (κ2) is 4.33. The smallest absolute Gasteiger partial charge is 0.312 e. The van der Waals surface area contributed by atoms with Crippen molar-refractivity contribution < 1.29 is 14.4 Å². The molecule has 1 fully saturated rings. The van der Waals surface area contributed by atoms with Crippen LogP contribution in [0.25, 0.3) is 0 Å². The molecule has 1 aliphatic heterocycles. The molecule has 1 saturated heterocycles. The lowest BCUT2D eigenvalue weighted by atomic mass is 10.2. The van der Waals surface area contributed by atoms with Crippen LogP contribution in [0.3, 0.4) is 0 Å². The van der Waals surface area contributed by atoms with Gasteiger partial charge in [-0.15, -0.1) is 0 Å². The van der Waals surface area contributed by atoms with Gasteiger partial charge in [0, 0.05) is 12.1 Å². The highest BCUT2D eigenvalue weighted by Crippen LogP contribution is 2.37. The average molecular weight is 278 g/mol. The number of epoxide rings is 1. The first-order valence-electron chi connectivity index (χ1n) is 4.81. The molecule has 2 rings (SSSR count). The molecule has 0 aliphatic carbocycles. The van der Waals surface area contributed by atoms with Crippen LogP contribution in [0.5, 0.6) is 5.75 Å². The van der Waals surface area contributed by atoms with Crippen molar-refractivity contribution in [1.82, 2.24) is 0 Å². The zero-order valence-corrected chi connectivity index (χ0v) is 10.4. The molecule has 1 heterocycles. The van der Waals surface area contributed by atoms with Crippen LogP contribution < -0.4 is 4.74 Å². The van der Waals surface area contributed by atoms with Crippen molar-refractivity contribution in [2.45, 2.75) is 12.5 Å². The van der Waals surface area contributed by atoms with Gasteiger partial charge in [-0.2, -0.15) is 0 Å². The molecule has 0 saturated carbocycles. The number of nitro benzene ring substituents is 1. The number of nitro groups is 1. The molecule has 0 bridgehead atoms. The zero-order valence-electron chi connectivity index (χ0n) is 8.91. The Morgan fingerprint density at radius 1 is 1.53 bits per heavy atom. The highest BCUT2D eigenvalue weighted by atomic mass is 35.5. The minimum atomic E-state index is -0.562. The predicted molar refractivity (Wildman–Crippen MR) is 63.0 cm³/mol. The number of hydrogen-bond donors (Lipinski definition) is 0. The largest absolute Gasteiger partial charge is 0.484 e. The summed E-state index contributed by atoms with van der Waals surface area (Å²) in [7, 11) is 0. The van der Waals surface area contributed by atoms with Gasteiger partial charge < -0.3 is 9.47 Å². The summed E-state index contributed by atoms with van der Waals surface area (Å²) >= 11 is 11.5. The van der Waals surface area contributed by atoms with E-state index in [2.05, 4.69) is 0 Å². The van der Waals surface area contributed by atoms with Crippen LogP contribution in [-0.4, -0.2) is 23.7 Å². The maximum Gasteiger partial charge on any atom is 0.312 e. The Hall–Kier alpha value is -1.04. The molecule has 0 spiro atoms. The fourth-order valence-corrected chi connectivity index (χ4v) is 1.52. The van der Waals surface area contributed by atoms with Crippen molar-refractivity contribution in [3.8, 4) is 5.75 Å². The van der Waals surface area contributed by atoms with Gasteiger partial charge in [0.05, 0.1) is 21.6 Å². The van der Waals surface area contributed by atoms with Crippen molar-refractivity contribution in [2.75, 3.05) is 13.2 Å². The molecule has 0 radical (unpaired) electrons. The topological polar surface area (TPSA) is 64.9 Å². The summed E-state index contributed by atoms with van der Waals surface area (Å²) in [6, 6.07) is 2.52. The number of nitrogens with zero attached hydrogens (tertiary/aromatic N) is 1. The first-order valence-corrected chi connectivity index (χ1v) is 5.57. The summed E-state index contributed by atoms with van der Waals surface area (Å²) in [5, 5.41) is 11.2. The Morgan fingerprint density at radius 2 is 2.12 bits per heavy atom. The van der Waals surface area contributed by atoms with Crippen LogP contribution >= 0.6 is 23.2 Å². The molecular weight excluding hydrogens is 269 g/mol. The molecule has 1 atom stereocenters. The highest BCUT2D eigenvalue weighted by Gasteiger charge is 2.40. The van der Waals surface area contributed by atoms with E-state index in [4.69, 9.17) is 32.7 Å². The van der Waals surface area contributed by atoms with E-state index in [1.807, 2.05) is 6.92 Å². The van der Waals surface area contributed by atoms with Gasteiger partial charge in [0.1, 0.15) is 12.2 Å². The lowest BCUT2D eigenvalue weighted by Crippen LogP contribution is -2.17. The summed E-state index contributed by atoms with van der Waals surface area (Å²) < 4.78 is 10.5. The Balaban J connectivity index is 2.24. The molecule has 17 heavy (non-hydrogen) atoms. The Bertz CT molecular complexity index is 474. The predicted octanol–water partition coefficient (Wildman–Crippen LogP) is 3.07. The van der Waals surface area contributed by atoms with Crippen molar-refractivity contribution in [2.24, 2.45) is 0 Å². The van der Waals surface area contributed by atoms with Crippen molar-refractivity contribution in [3.05, 3.63) is 32.3 Å². The van der Waals surface area contributed by atoms with Gasteiger partial charge in [-0.3, -0.25) is 10.1 Å². The van der Waals surface area contributed by atoms with Crippen LogP contribution in [0, 0.1) is 10.1 Å². The molecule has 5 nitrogen and oxygen atoms in total. The lowest BCUT2D eigenvalue weighted by Gasteiger charge is -2.09. The van der Waals surface area contributed by atoms with E-state index in [-0.39, 0.29) is 33.7 Å². The molecule has 1 aliphatic rings. The maximum atomic E-state index is 10.8. The highest BCUT2D eigenvalue weighted by molar-refractivity contribution is 6.42. The quantitative estimate of drug-likeness (QED) is 0.482. The number of hydrogen-bond acceptors (Lipinski definition) is 4. The van der Waals surface area contributed by atoms with Crippen LogP contribution in [0.2, 0.25) is 10.0 Å². The Kier molecular flexibility index (Phi) is 3.16. The summed E-state index contributed by atoms with van der Waals surface area (Å²) in [6.07, 6.45) is 0. The van der Waals surface area contributed by atoms with Gasteiger partial charge in [-0.25, -0.2) is 0 Å². The number of halogens is 2. The maximum absolute atomic E-state index is 10.8. The number of benzene rings is 1. The first kappa shape index (κ1) is 12.4. The molecule has 0 amide bonds. The van der Waals surface area contributed by atoms with E-state index in [9.17, 15) is 10.1 Å². The molecule has 1 aromatic carbocycles. The normalized spacial score (nSPS) is 22.3. The number of rotatable bonds is 4. The lowest BCUT2D eigenvalue weighted by molar-refractivity contribution is -0.385. The average Bonchev–Trinajstić information content (AvgIpc) is 2.98. The van der Waals surface area contributed by atoms with Crippen molar-refractivity contribution >= 4 is 28.9 Å². The third kappa shape index (κ3) is 2.80. The van der Waals surface area contributed by atoms with E-state index >= 15 is 0 Å². The van der Waals surface area contributed by atoms with Crippen LogP contribution in [0.1, 0.15) is 6.92 Å². The van der Waals surface area contributed by atoms with Crippen LogP contribution in [0.4, 0.5) is 5.69 Å². The molecule has 0 aromatic heterocycles. The van der Waals surface area contributed by atoms with Gasteiger partial charge >= 0.3 is 5.69 Å². The molecule has 1 aromatic rings. The van der Waals surface area contributed by atoms with Crippen LogP contribution in [-0.2, 0) is 4.74 Å². The summed E-state index contributed by atoms with van der Waals surface area (Å²) in [6.45, 7) is 2.68. The summed E-state index contributed by atoms with van der Waals surface area (Å²) in [5.74, 6) is 0.0983. The third-order valence-corrected chi connectivity index (χ3v) is 3.09. The monoisotopic (exact) mass is 277 g/mol. The fourth-order valence-electron chi connectivity index (χ4n) is 1.21. The Labute approximate surface area is 107 Å². The standard InChI is InChI=1S/C10H9Cl2NO4/c1-10(5-17-10)4-16-9-3-7(12)6(11)2-8(9)13(14)15/h2-3H,4-5H2,1H3. The van der Waals surface area contributed by atoms with Gasteiger partial charge in [0.2, 0.25) is 0 Å². The molecule has 0 N–H and O–H groups in total. The van der Waals surface area contributed by atoms with E-state index in [1.54, 1.807) is 0 Å². The molecule has 1 unspecified atom stereocenters. The third-order valence-electron chi connectivity index (χ3n) is 2.37. The minimum Gasteiger partial charge on any atom is -0.484 e. The van der Waals surface area contributed by atoms with Gasteiger partial charge in [-0.05, 0) is 6.92 Å². The second-order valence-electron chi connectivity index (χ2n) is 4.02. The molecular formula is C10H9Cl2NO4. The summed E-state index contributed by atoms with van der Waals surface area (Å²) in [5.41, 5.74) is -0.552. The Morgan fingerprint density at radius 3 is 2.65 bits per heavy atom. The molecule has 7 heteroatoms. The molecule has 92 valence electrons. The first-order chi connectivity index (χ1) is 7.91. The van der Waals surface area contributed by atoms with E-state index in [1.165, 1.54) is 12.1 Å². The number of ether oxygens (including phenoxy) is 2.